The Morgan fingerprint density at radius 3 is 2.58 bits per heavy atom. The van der Waals surface area contributed by atoms with Gasteiger partial charge in [0.1, 0.15) is 17.1 Å². The summed E-state index contributed by atoms with van der Waals surface area (Å²) in [6, 6.07) is 14.7. The molecule has 0 bridgehead atoms. The Bertz CT molecular complexity index is 909. The van der Waals surface area contributed by atoms with Gasteiger partial charge in [-0.2, -0.15) is 0 Å². The van der Waals surface area contributed by atoms with Gasteiger partial charge in [-0.15, -0.1) is 0 Å². The minimum Gasteiger partial charge on any atom is -0.494 e. The minimum atomic E-state index is -0.570. The lowest BCUT2D eigenvalue weighted by Crippen LogP contribution is -2.10. The summed E-state index contributed by atoms with van der Waals surface area (Å²) < 4.78 is 15.9. The molecule has 3 rings (SSSR count). The molecule has 122 valence electrons. The lowest BCUT2D eigenvalue weighted by atomic mass is 10.2. The second-order valence-electron chi connectivity index (χ2n) is 5.19. The highest BCUT2D eigenvalue weighted by molar-refractivity contribution is 5.94. The predicted octanol–water partition coefficient (Wildman–Crippen LogP) is 3.80. The molecule has 1 aromatic heterocycles. The highest BCUT2D eigenvalue weighted by Gasteiger charge is 2.13. The van der Waals surface area contributed by atoms with E-state index < -0.39 is 11.6 Å². The van der Waals surface area contributed by atoms with Crippen LogP contribution in [-0.4, -0.2) is 12.6 Å². The van der Waals surface area contributed by atoms with E-state index in [9.17, 15) is 9.59 Å². The second kappa shape index (κ2) is 7.00. The van der Waals surface area contributed by atoms with Crippen LogP contribution in [0.3, 0.4) is 0 Å². The molecule has 0 spiro atoms. The van der Waals surface area contributed by atoms with Crippen LogP contribution in [0.2, 0.25) is 0 Å². The molecule has 0 radical (unpaired) electrons. The van der Waals surface area contributed by atoms with Crippen LogP contribution in [0.1, 0.15) is 23.7 Å². The van der Waals surface area contributed by atoms with Crippen molar-refractivity contribution in [1.29, 1.82) is 0 Å². The average Bonchev–Trinajstić information content (AvgIpc) is 2.60. The lowest BCUT2D eigenvalue weighted by Gasteiger charge is -2.08. The lowest BCUT2D eigenvalue weighted by molar-refractivity contribution is 0.0736. The van der Waals surface area contributed by atoms with E-state index in [4.69, 9.17) is 13.9 Å². The smallest absolute Gasteiger partial charge is 0.343 e. The summed E-state index contributed by atoms with van der Waals surface area (Å²) in [5.41, 5.74) is 0.173. The Hall–Kier alpha value is -3.08. The van der Waals surface area contributed by atoms with Gasteiger partial charge in [0, 0.05) is 0 Å². The van der Waals surface area contributed by atoms with Crippen LogP contribution in [0.15, 0.2) is 63.8 Å². The van der Waals surface area contributed by atoms with E-state index in [-0.39, 0.29) is 5.75 Å². The number of rotatable bonds is 5. The molecule has 0 saturated carbocycles. The van der Waals surface area contributed by atoms with E-state index in [1.54, 1.807) is 48.5 Å². The van der Waals surface area contributed by atoms with Gasteiger partial charge in [-0.1, -0.05) is 19.1 Å². The molecule has 0 amide bonds. The van der Waals surface area contributed by atoms with E-state index in [2.05, 4.69) is 0 Å². The predicted molar refractivity (Wildman–Crippen MR) is 89.7 cm³/mol. The standard InChI is InChI=1S/C19H16O5/c1-2-11-22-14-9-7-13(8-10-14)19(21)24-17-12-18(20)23-16-6-4-3-5-15(16)17/h3-10,12H,2,11H2,1H3. The normalized spacial score (nSPS) is 10.5. The van der Waals surface area contributed by atoms with E-state index in [0.717, 1.165) is 6.42 Å². The number of ether oxygens (including phenoxy) is 2. The Balaban J connectivity index is 1.83. The highest BCUT2D eigenvalue weighted by Crippen LogP contribution is 2.24. The van der Waals surface area contributed by atoms with E-state index in [1.165, 1.54) is 6.07 Å². The van der Waals surface area contributed by atoms with Gasteiger partial charge in [-0.3, -0.25) is 0 Å². The number of benzene rings is 2. The van der Waals surface area contributed by atoms with Crippen molar-refractivity contribution in [3.05, 3.63) is 70.6 Å². The van der Waals surface area contributed by atoms with E-state index in [0.29, 0.717) is 28.9 Å². The van der Waals surface area contributed by atoms with Gasteiger partial charge >= 0.3 is 11.6 Å². The van der Waals surface area contributed by atoms with Crippen LogP contribution in [-0.2, 0) is 0 Å². The van der Waals surface area contributed by atoms with Gasteiger partial charge in [0.15, 0.2) is 0 Å². The summed E-state index contributed by atoms with van der Waals surface area (Å²) >= 11 is 0. The topological polar surface area (TPSA) is 65.7 Å². The maximum Gasteiger partial charge on any atom is 0.343 e. The van der Waals surface area contributed by atoms with Crippen molar-refractivity contribution in [2.75, 3.05) is 6.61 Å². The van der Waals surface area contributed by atoms with E-state index >= 15 is 0 Å². The van der Waals surface area contributed by atoms with Crippen molar-refractivity contribution in [2.45, 2.75) is 13.3 Å². The summed E-state index contributed by atoms with van der Waals surface area (Å²) in [5, 5.41) is 0.563. The Kier molecular flexibility index (Phi) is 4.61. The van der Waals surface area contributed by atoms with Crippen molar-refractivity contribution in [3.8, 4) is 11.5 Å². The molecule has 5 nitrogen and oxygen atoms in total. The van der Waals surface area contributed by atoms with Crippen molar-refractivity contribution in [1.82, 2.24) is 0 Å². The summed E-state index contributed by atoms with van der Waals surface area (Å²) in [5.74, 6) is 0.324. The molecule has 0 atom stereocenters. The van der Waals surface area contributed by atoms with Crippen molar-refractivity contribution >= 4 is 16.9 Å². The number of carbonyl (C=O) groups excluding carboxylic acids is 1. The first kappa shape index (κ1) is 15.8. The number of fused-ring (bicyclic) bond motifs is 1. The molecule has 24 heavy (non-hydrogen) atoms. The molecule has 0 fully saturated rings. The molecule has 3 aromatic rings. The third-order valence-electron chi connectivity index (χ3n) is 3.38. The van der Waals surface area contributed by atoms with Gasteiger partial charge in [0.05, 0.1) is 23.6 Å². The largest absolute Gasteiger partial charge is 0.494 e. The number of hydrogen-bond acceptors (Lipinski definition) is 5. The van der Waals surface area contributed by atoms with E-state index in [1.807, 2.05) is 6.92 Å². The molecule has 0 saturated heterocycles. The third-order valence-corrected chi connectivity index (χ3v) is 3.38. The molecule has 0 N–H and O–H groups in total. The Labute approximate surface area is 138 Å². The quantitative estimate of drug-likeness (QED) is 0.527. The van der Waals surface area contributed by atoms with Gasteiger partial charge in [0.25, 0.3) is 0 Å². The van der Waals surface area contributed by atoms with Crippen molar-refractivity contribution < 1.29 is 18.7 Å². The monoisotopic (exact) mass is 324 g/mol. The first-order valence-corrected chi connectivity index (χ1v) is 7.65. The van der Waals surface area contributed by atoms with Gasteiger partial charge in [0.2, 0.25) is 0 Å². The molecule has 2 aromatic carbocycles. The highest BCUT2D eigenvalue weighted by atomic mass is 16.5. The Morgan fingerprint density at radius 2 is 1.83 bits per heavy atom. The zero-order chi connectivity index (χ0) is 16.9. The fourth-order valence-corrected chi connectivity index (χ4v) is 2.23. The van der Waals surface area contributed by atoms with Crippen LogP contribution in [0, 0.1) is 0 Å². The summed E-state index contributed by atoms with van der Waals surface area (Å²) in [7, 11) is 0. The first-order chi connectivity index (χ1) is 11.7. The number of esters is 1. The maximum atomic E-state index is 12.3. The summed E-state index contributed by atoms with van der Waals surface area (Å²) in [6.07, 6.45) is 0.910. The van der Waals surface area contributed by atoms with Crippen molar-refractivity contribution in [3.63, 3.8) is 0 Å². The number of para-hydroxylation sites is 1. The SMILES string of the molecule is CCCOc1ccc(C(=O)Oc2cc(=O)oc3ccccc23)cc1. The van der Waals surface area contributed by atoms with Crippen LogP contribution >= 0.6 is 0 Å². The van der Waals surface area contributed by atoms with Crippen LogP contribution in [0.4, 0.5) is 0 Å². The van der Waals surface area contributed by atoms with Crippen molar-refractivity contribution in [2.24, 2.45) is 0 Å². The second-order valence-corrected chi connectivity index (χ2v) is 5.19. The molecular formula is C19H16O5. The number of carbonyl (C=O) groups is 1. The fourth-order valence-electron chi connectivity index (χ4n) is 2.23. The van der Waals surface area contributed by atoms with Gasteiger partial charge in [-0.25, -0.2) is 9.59 Å². The Morgan fingerprint density at radius 1 is 1.08 bits per heavy atom. The van der Waals surface area contributed by atoms with Crippen LogP contribution < -0.4 is 15.1 Å². The molecule has 0 aliphatic rings. The first-order valence-electron chi connectivity index (χ1n) is 7.65. The third kappa shape index (κ3) is 3.46. The van der Waals surface area contributed by atoms with Gasteiger partial charge < -0.3 is 13.9 Å². The zero-order valence-corrected chi connectivity index (χ0v) is 13.2. The summed E-state index contributed by atoms with van der Waals surface area (Å²) in [6.45, 7) is 2.64. The average molecular weight is 324 g/mol. The van der Waals surface area contributed by atoms with Crippen LogP contribution in [0.25, 0.3) is 11.0 Å². The fraction of sp³-hybridized carbons (Fsp3) is 0.158. The zero-order valence-electron chi connectivity index (χ0n) is 13.2. The molecular weight excluding hydrogens is 308 g/mol. The molecule has 0 aliphatic heterocycles. The minimum absolute atomic E-state index is 0.179. The molecule has 0 aliphatic carbocycles. The van der Waals surface area contributed by atoms with Gasteiger partial charge in [-0.05, 0) is 42.8 Å². The molecule has 1 heterocycles. The number of hydrogen-bond donors (Lipinski definition) is 0. The molecule has 5 heteroatoms. The van der Waals surface area contributed by atoms with Crippen LogP contribution in [0.5, 0.6) is 11.5 Å². The maximum absolute atomic E-state index is 12.3. The molecule has 0 unspecified atom stereocenters. The summed E-state index contributed by atoms with van der Waals surface area (Å²) in [4.78, 5) is 23.9.